The summed E-state index contributed by atoms with van der Waals surface area (Å²) in [6, 6.07) is -0.615. The second-order valence-corrected chi connectivity index (χ2v) is 6.73. The van der Waals surface area contributed by atoms with E-state index in [1.807, 2.05) is 6.08 Å². The number of hydrogen-bond donors (Lipinski definition) is 3. The molecule has 0 saturated carbocycles. The van der Waals surface area contributed by atoms with Gasteiger partial charge in [0.15, 0.2) is 0 Å². The molecule has 4 heteroatoms. The first-order chi connectivity index (χ1) is 11.6. The molecule has 0 aliphatic heterocycles. The maximum Gasteiger partial charge on any atom is 0.217 e. The SMILES string of the molecule is CCCCCCCCCCCCC/C=C/[C@H](O)[C@H](CO)NC(C)=O. The summed E-state index contributed by atoms with van der Waals surface area (Å²) in [7, 11) is 0. The number of carbonyl (C=O) groups is 1. The molecule has 0 unspecified atom stereocenters. The number of rotatable bonds is 16. The van der Waals surface area contributed by atoms with Crippen LogP contribution in [0.3, 0.4) is 0 Å². The van der Waals surface area contributed by atoms with E-state index in [2.05, 4.69) is 12.2 Å². The van der Waals surface area contributed by atoms with Gasteiger partial charge in [0.2, 0.25) is 5.91 Å². The maximum absolute atomic E-state index is 10.9. The van der Waals surface area contributed by atoms with Gasteiger partial charge in [-0.25, -0.2) is 0 Å². The summed E-state index contributed by atoms with van der Waals surface area (Å²) in [6.45, 7) is 3.37. The Hall–Kier alpha value is -0.870. The predicted octanol–water partition coefficient (Wildman–Crippen LogP) is 4.10. The van der Waals surface area contributed by atoms with Gasteiger partial charge in [-0.3, -0.25) is 4.79 Å². The Bertz CT molecular complexity index is 318. The molecule has 0 aliphatic rings. The molecule has 0 aromatic heterocycles. The minimum absolute atomic E-state index is 0.244. The molecule has 0 spiro atoms. The Morgan fingerprint density at radius 2 is 1.46 bits per heavy atom. The molecule has 0 radical (unpaired) electrons. The van der Waals surface area contributed by atoms with Crippen molar-refractivity contribution >= 4 is 5.91 Å². The van der Waals surface area contributed by atoms with Crippen LogP contribution in [-0.4, -0.2) is 34.9 Å². The number of amides is 1. The smallest absolute Gasteiger partial charge is 0.217 e. The lowest BCUT2D eigenvalue weighted by molar-refractivity contribution is -0.120. The van der Waals surface area contributed by atoms with Gasteiger partial charge in [-0.05, 0) is 12.8 Å². The Morgan fingerprint density at radius 3 is 1.92 bits per heavy atom. The van der Waals surface area contributed by atoms with E-state index >= 15 is 0 Å². The third-order valence-corrected chi connectivity index (χ3v) is 4.31. The summed E-state index contributed by atoms with van der Waals surface area (Å²) in [5.74, 6) is -0.244. The Morgan fingerprint density at radius 1 is 0.958 bits per heavy atom. The highest BCUT2D eigenvalue weighted by molar-refractivity contribution is 5.73. The van der Waals surface area contributed by atoms with Gasteiger partial charge in [0.05, 0.1) is 18.8 Å². The molecule has 142 valence electrons. The van der Waals surface area contributed by atoms with Gasteiger partial charge >= 0.3 is 0 Å². The summed E-state index contributed by atoms with van der Waals surface area (Å²) in [4.78, 5) is 10.9. The van der Waals surface area contributed by atoms with Crippen LogP contribution in [0.1, 0.15) is 90.9 Å². The van der Waals surface area contributed by atoms with Crippen molar-refractivity contribution in [1.82, 2.24) is 5.32 Å². The number of unbranched alkanes of at least 4 members (excludes halogenated alkanes) is 11. The van der Waals surface area contributed by atoms with Crippen LogP contribution in [0.25, 0.3) is 0 Å². The van der Waals surface area contributed by atoms with Crippen LogP contribution in [0.2, 0.25) is 0 Å². The van der Waals surface area contributed by atoms with Crippen molar-refractivity contribution in [2.24, 2.45) is 0 Å². The average Bonchev–Trinajstić information content (AvgIpc) is 2.56. The number of nitrogens with one attached hydrogen (secondary N) is 1. The van der Waals surface area contributed by atoms with Crippen molar-refractivity contribution in [2.45, 2.75) is 103 Å². The molecule has 0 rings (SSSR count). The van der Waals surface area contributed by atoms with Gasteiger partial charge in [0.1, 0.15) is 0 Å². The fourth-order valence-corrected chi connectivity index (χ4v) is 2.80. The molecule has 4 nitrogen and oxygen atoms in total. The van der Waals surface area contributed by atoms with E-state index < -0.39 is 12.1 Å². The Kier molecular flexibility index (Phi) is 16.4. The number of aliphatic hydroxyl groups excluding tert-OH is 2. The van der Waals surface area contributed by atoms with E-state index in [4.69, 9.17) is 5.11 Å². The van der Waals surface area contributed by atoms with Crippen LogP contribution in [-0.2, 0) is 4.79 Å². The minimum Gasteiger partial charge on any atom is -0.394 e. The Labute approximate surface area is 148 Å². The van der Waals surface area contributed by atoms with Crippen molar-refractivity contribution in [3.05, 3.63) is 12.2 Å². The number of carbonyl (C=O) groups excluding carboxylic acids is 1. The lowest BCUT2D eigenvalue weighted by Gasteiger charge is -2.18. The number of allylic oxidation sites excluding steroid dienone is 1. The second kappa shape index (κ2) is 17.0. The highest BCUT2D eigenvalue weighted by Crippen LogP contribution is 2.12. The molecule has 0 aromatic rings. The van der Waals surface area contributed by atoms with Gasteiger partial charge in [0.25, 0.3) is 0 Å². The molecule has 1 amide bonds. The lowest BCUT2D eigenvalue weighted by atomic mass is 10.0. The molecule has 0 bridgehead atoms. The second-order valence-electron chi connectivity index (χ2n) is 6.73. The largest absolute Gasteiger partial charge is 0.394 e. The zero-order chi connectivity index (χ0) is 18.0. The van der Waals surface area contributed by atoms with Crippen molar-refractivity contribution < 1.29 is 15.0 Å². The van der Waals surface area contributed by atoms with Crippen LogP contribution in [0, 0.1) is 0 Å². The van der Waals surface area contributed by atoms with Crippen LogP contribution in [0.5, 0.6) is 0 Å². The van der Waals surface area contributed by atoms with E-state index in [1.165, 1.54) is 71.1 Å². The van der Waals surface area contributed by atoms with E-state index in [1.54, 1.807) is 6.08 Å². The van der Waals surface area contributed by atoms with Crippen LogP contribution in [0.15, 0.2) is 12.2 Å². The molecule has 2 atom stereocenters. The standard InChI is InChI=1S/C20H39NO3/c1-3-4-5-6-7-8-9-10-11-12-13-14-15-16-20(24)19(17-22)21-18(2)23/h15-16,19-20,22,24H,3-14,17H2,1-2H3,(H,21,23)/b16-15+/t19-,20-/m0/s1. The molecular formula is C20H39NO3. The molecule has 3 N–H and O–H groups in total. The van der Waals surface area contributed by atoms with Gasteiger partial charge in [-0.2, -0.15) is 0 Å². The predicted molar refractivity (Wildman–Crippen MR) is 101 cm³/mol. The van der Waals surface area contributed by atoms with E-state index in [9.17, 15) is 9.90 Å². The first-order valence-corrected chi connectivity index (χ1v) is 9.84. The van der Waals surface area contributed by atoms with E-state index in [0.29, 0.717) is 0 Å². The van der Waals surface area contributed by atoms with Crippen molar-refractivity contribution in [1.29, 1.82) is 0 Å². The monoisotopic (exact) mass is 341 g/mol. The quantitative estimate of drug-likeness (QED) is 0.292. The van der Waals surface area contributed by atoms with Gasteiger partial charge < -0.3 is 15.5 Å². The van der Waals surface area contributed by atoms with E-state index in [-0.39, 0.29) is 12.5 Å². The molecule has 0 aromatic carbocycles. The first-order valence-electron chi connectivity index (χ1n) is 9.84. The number of hydrogen-bond acceptors (Lipinski definition) is 3. The maximum atomic E-state index is 10.9. The van der Waals surface area contributed by atoms with Crippen molar-refractivity contribution in [3.63, 3.8) is 0 Å². The number of aliphatic hydroxyl groups is 2. The zero-order valence-corrected chi connectivity index (χ0v) is 15.8. The molecule has 24 heavy (non-hydrogen) atoms. The van der Waals surface area contributed by atoms with Gasteiger partial charge in [-0.15, -0.1) is 0 Å². The Balaban J connectivity index is 3.47. The molecule has 0 fully saturated rings. The van der Waals surface area contributed by atoms with E-state index in [0.717, 1.165) is 12.8 Å². The van der Waals surface area contributed by atoms with Gasteiger partial charge in [0, 0.05) is 6.92 Å². The molecule has 0 heterocycles. The van der Waals surface area contributed by atoms with Crippen molar-refractivity contribution in [2.75, 3.05) is 6.61 Å². The summed E-state index contributed by atoms with van der Waals surface area (Å²) < 4.78 is 0. The first kappa shape index (κ1) is 23.1. The summed E-state index contributed by atoms with van der Waals surface area (Å²) in [6.07, 6.45) is 18.3. The normalized spacial score (nSPS) is 14.0. The molecular weight excluding hydrogens is 302 g/mol. The molecule has 0 saturated heterocycles. The lowest BCUT2D eigenvalue weighted by Crippen LogP contribution is -2.44. The fourth-order valence-electron chi connectivity index (χ4n) is 2.80. The topological polar surface area (TPSA) is 69.6 Å². The summed E-state index contributed by atoms with van der Waals surface area (Å²) in [5.41, 5.74) is 0. The summed E-state index contributed by atoms with van der Waals surface area (Å²) >= 11 is 0. The fraction of sp³-hybridized carbons (Fsp3) is 0.850. The average molecular weight is 342 g/mol. The summed E-state index contributed by atoms with van der Waals surface area (Å²) in [5, 5.41) is 21.5. The van der Waals surface area contributed by atoms with Crippen molar-refractivity contribution in [3.8, 4) is 0 Å². The van der Waals surface area contributed by atoms with Gasteiger partial charge in [-0.1, -0.05) is 83.3 Å². The third kappa shape index (κ3) is 14.7. The third-order valence-electron chi connectivity index (χ3n) is 4.31. The van der Waals surface area contributed by atoms with Crippen LogP contribution in [0.4, 0.5) is 0 Å². The molecule has 0 aliphatic carbocycles. The zero-order valence-electron chi connectivity index (χ0n) is 15.8. The highest BCUT2D eigenvalue weighted by Gasteiger charge is 2.15. The minimum atomic E-state index is -0.827. The van der Waals surface area contributed by atoms with Crippen LogP contribution >= 0.6 is 0 Å². The highest BCUT2D eigenvalue weighted by atomic mass is 16.3. The van der Waals surface area contributed by atoms with Crippen LogP contribution < -0.4 is 5.32 Å².